The minimum atomic E-state index is -0.687. The molecule has 0 heterocycles. The zero-order valence-corrected chi connectivity index (χ0v) is 11.3. The lowest BCUT2D eigenvalue weighted by Crippen LogP contribution is -2.43. The summed E-state index contributed by atoms with van der Waals surface area (Å²) >= 11 is 0. The molecule has 0 aliphatic heterocycles. The van der Waals surface area contributed by atoms with E-state index < -0.39 is 6.04 Å². The number of nitrogens with two attached hydrogens (primary N) is 1. The van der Waals surface area contributed by atoms with Crippen molar-refractivity contribution in [3.63, 3.8) is 0 Å². The third-order valence-corrected chi connectivity index (χ3v) is 2.70. The Bertz CT molecular complexity index is 486. The number of benzene rings is 1. The molecule has 5 nitrogen and oxygen atoms in total. The highest BCUT2D eigenvalue weighted by molar-refractivity contribution is 5.82. The molecule has 0 saturated carbocycles. The van der Waals surface area contributed by atoms with Crippen LogP contribution in [0.2, 0.25) is 0 Å². The number of carbonyl (C=O) groups is 1. The highest BCUT2D eigenvalue weighted by Gasteiger charge is 2.18. The summed E-state index contributed by atoms with van der Waals surface area (Å²) in [5, 5.41) is 18.6. The van der Waals surface area contributed by atoms with Crippen molar-refractivity contribution in [3.05, 3.63) is 35.9 Å². The molecular weight excluding hydrogens is 244 g/mol. The number of phenolic OH excluding ortho intramolecular Hbond substituents is 2. The van der Waals surface area contributed by atoms with Crippen LogP contribution in [0.3, 0.4) is 0 Å². The topological polar surface area (TPSA) is 86.8 Å². The van der Waals surface area contributed by atoms with Crippen LogP contribution < -0.4 is 5.73 Å². The van der Waals surface area contributed by atoms with Crippen LogP contribution in [0.1, 0.15) is 12.5 Å². The monoisotopic (exact) mass is 264 g/mol. The van der Waals surface area contributed by atoms with Crippen LogP contribution in [0.4, 0.5) is 0 Å². The molecule has 0 aliphatic rings. The molecular formula is C14H20N2O3. The molecule has 4 N–H and O–H groups in total. The van der Waals surface area contributed by atoms with Gasteiger partial charge in [0.2, 0.25) is 5.91 Å². The second-order valence-corrected chi connectivity index (χ2v) is 4.79. The van der Waals surface area contributed by atoms with Crippen LogP contribution in [0, 0.1) is 0 Å². The van der Waals surface area contributed by atoms with Crippen molar-refractivity contribution in [2.24, 2.45) is 5.73 Å². The van der Waals surface area contributed by atoms with E-state index in [1.54, 1.807) is 13.1 Å². The van der Waals surface area contributed by atoms with E-state index in [1.165, 1.54) is 17.0 Å². The van der Waals surface area contributed by atoms with Gasteiger partial charge in [-0.3, -0.25) is 4.79 Å². The predicted octanol–water partition coefficient (Wildman–Crippen LogP) is 1.00. The molecule has 1 atom stereocenters. The maximum atomic E-state index is 12.0. The Labute approximate surface area is 113 Å². The Morgan fingerprint density at radius 2 is 2.05 bits per heavy atom. The normalized spacial score (nSPS) is 11.9. The molecule has 0 radical (unpaired) electrons. The third-order valence-electron chi connectivity index (χ3n) is 2.70. The zero-order valence-electron chi connectivity index (χ0n) is 11.3. The Morgan fingerprint density at radius 3 is 2.58 bits per heavy atom. The molecule has 0 spiro atoms. The Kier molecular flexibility index (Phi) is 4.94. The van der Waals surface area contributed by atoms with Crippen LogP contribution in [0.5, 0.6) is 11.5 Å². The first-order valence-corrected chi connectivity index (χ1v) is 5.97. The van der Waals surface area contributed by atoms with Crippen molar-refractivity contribution in [1.29, 1.82) is 0 Å². The maximum absolute atomic E-state index is 12.0. The number of carbonyl (C=O) groups excluding carboxylic acids is 1. The SMILES string of the molecule is C=C(C)CN(C)C(=O)[C@@H](N)Cc1ccc(O)c(O)c1. The first-order valence-electron chi connectivity index (χ1n) is 5.97. The van der Waals surface area contributed by atoms with Gasteiger partial charge in [-0.05, 0) is 31.0 Å². The van der Waals surface area contributed by atoms with E-state index in [4.69, 9.17) is 5.73 Å². The molecule has 0 bridgehead atoms. The molecule has 19 heavy (non-hydrogen) atoms. The summed E-state index contributed by atoms with van der Waals surface area (Å²) < 4.78 is 0. The lowest BCUT2D eigenvalue weighted by molar-refractivity contribution is -0.130. The van der Waals surface area contributed by atoms with E-state index in [2.05, 4.69) is 6.58 Å². The molecule has 1 rings (SSSR count). The van der Waals surface area contributed by atoms with E-state index in [1.807, 2.05) is 6.92 Å². The molecule has 0 aromatic heterocycles. The second kappa shape index (κ2) is 6.24. The first-order chi connectivity index (χ1) is 8.81. The van der Waals surface area contributed by atoms with Gasteiger partial charge in [0.25, 0.3) is 0 Å². The van der Waals surface area contributed by atoms with Crippen molar-refractivity contribution < 1.29 is 15.0 Å². The van der Waals surface area contributed by atoms with Crippen LogP contribution in [0.15, 0.2) is 30.4 Å². The maximum Gasteiger partial charge on any atom is 0.239 e. The summed E-state index contributed by atoms with van der Waals surface area (Å²) in [4.78, 5) is 13.5. The summed E-state index contributed by atoms with van der Waals surface area (Å²) in [6, 6.07) is 3.72. The molecule has 0 fully saturated rings. The number of likely N-dealkylation sites (N-methyl/N-ethyl adjacent to an activating group) is 1. The number of hydrogen-bond acceptors (Lipinski definition) is 4. The summed E-state index contributed by atoms with van der Waals surface area (Å²) in [6.45, 7) is 6.05. The standard InChI is InChI=1S/C14H20N2O3/c1-9(2)8-16(3)14(19)11(15)6-10-4-5-12(17)13(18)7-10/h4-5,7,11,17-18H,1,6,8,15H2,2-3H3/t11-/m0/s1. The lowest BCUT2D eigenvalue weighted by atomic mass is 10.0. The average molecular weight is 264 g/mol. The molecule has 104 valence electrons. The lowest BCUT2D eigenvalue weighted by Gasteiger charge is -2.21. The molecule has 1 amide bonds. The fourth-order valence-electron chi connectivity index (χ4n) is 1.80. The Morgan fingerprint density at radius 1 is 1.42 bits per heavy atom. The molecule has 0 unspecified atom stereocenters. The van der Waals surface area contributed by atoms with Crippen molar-refractivity contribution in [2.45, 2.75) is 19.4 Å². The third kappa shape index (κ3) is 4.30. The van der Waals surface area contributed by atoms with Gasteiger partial charge in [-0.15, -0.1) is 0 Å². The summed E-state index contributed by atoms with van der Waals surface area (Å²) in [5.74, 6) is -0.592. The summed E-state index contributed by atoms with van der Waals surface area (Å²) in [7, 11) is 1.67. The van der Waals surface area contributed by atoms with Crippen molar-refractivity contribution in [2.75, 3.05) is 13.6 Å². The Balaban J connectivity index is 2.68. The van der Waals surface area contributed by atoms with Gasteiger partial charge in [0.1, 0.15) is 0 Å². The number of amides is 1. The molecule has 1 aromatic rings. The second-order valence-electron chi connectivity index (χ2n) is 4.79. The highest BCUT2D eigenvalue weighted by Crippen LogP contribution is 2.25. The van der Waals surface area contributed by atoms with Gasteiger partial charge in [0.15, 0.2) is 11.5 Å². The summed E-state index contributed by atoms with van der Waals surface area (Å²) in [6.07, 6.45) is 0.299. The van der Waals surface area contributed by atoms with Gasteiger partial charge in [0.05, 0.1) is 6.04 Å². The van der Waals surface area contributed by atoms with Crippen molar-refractivity contribution in [3.8, 4) is 11.5 Å². The van der Waals surface area contributed by atoms with Gasteiger partial charge in [-0.25, -0.2) is 0 Å². The number of phenols is 2. The Hall–Kier alpha value is -2.01. The molecule has 5 heteroatoms. The smallest absolute Gasteiger partial charge is 0.239 e. The van der Waals surface area contributed by atoms with Gasteiger partial charge in [0, 0.05) is 13.6 Å². The van der Waals surface area contributed by atoms with E-state index >= 15 is 0 Å². The number of hydrogen-bond donors (Lipinski definition) is 3. The molecule has 0 saturated heterocycles. The zero-order chi connectivity index (χ0) is 14.6. The number of nitrogens with zero attached hydrogens (tertiary/aromatic N) is 1. The van der Waals surface area contributed by atoms with Crippen LogP contribution in [-0.2, 0) is 11.2 Å². The van der Waals surface area contributed by atoms with E-state index in [0.717, 1.165) is 5.57 Å². The quantitative estimate of drug-likeness (QED) is 0.547. The van der Waals surface area contributed by atoms with Crippen molar-refractivity contribution in [1.82, 2.24) is 4.90 Å². The van der Waals surface area contributed by atoms with Crippen LogP contribution in [-0.4, -0.2) is 40.7 Å². The first kappa shape index (κ1) is 15.0. The van der Waals surface area contributed by atoms with Gasteiger partial charge >= 0.3 is 0 Å². The number of rotatable bonds is 5. The largest absolute Gasteiger partial charge is 0.504 e. The minimum absolute atomic E-state index is 0.185. The van der Waals surface area contributed by atoms with Gasteiger partial charge in [-0.2, -0.15) is 0 Å². The number of aromatic hydroxyl groups is 2. The minimum Gasteiger partial charge on any atom is -0.504 e. The van der Waals surface area contributed by atoms with E-state index in [-0.39, 0.29) is 17.4 Å². The highest BCUT2D eigenvalue weighted by atomic mass is 16.3. The van der Waals surface area contributed by atoms with Gasteiger partial charge < -0.3 is 20.8 Å². The summed E-state index contributed by atoms with van der Waals surface area (Å²) in [5.41, 5.74) is 7.42. The van der Waals surface area contributed by atoms with Gasteiger partial charge in [-0.1, -0.05) is 18.2 Å². The fourth-order valence-corrected chi connectivity index (χ4v) is 1.80. The van der Waals surface area contributed by atoms with E-state index in [0.29, 0.717) is 18.5 Å². The van der Waals surface area contributed by atoms with E-state index in [9.17, 15) is 15.0 Å². The van der Waals surface area contributed by atoms with Crippen LogP contribution >= 0.6 is 0 Å². The predicted molar refractivity (Wildman–Crippen MR) is 73.9 cm³/mol. The van der Waals surface area contributed by atoms with Crippen molar-refractivity contribution >= 4 is 5.91 Å². The molecule has 1 aromatic carbocycles. The van der Waals surface area contributed by atoms with Crippen LogP contribution in [0.25, 0.3) is 0 Å². The molecule has 0 aliphatic carbocycles. The fraction of sp³-hybridized carbons (Fsp3) is 0.357. The average Bonchev–Trinajstić information content (AvgIpc) is 2.32.